The van der Waals surface area contributed by atoms with Crippen LogP contribution in [0.3, 0.4) is 0 Å². The highest BCUT2D eigenvalue weighted by atomic mass is 19.1. The zero-order valence-corrected chi connectivity index (χ0v) is 10.8. The third-order valence-corrected chi connectivity index (χ3v) is 3.61. The Bertz CT molecular complexity index is 433. The van der Waals surface area contributed by atoms with E-state index in [0.717, 1.165) is 25.7 Å². The predicted octanol–water partition coefficient (Wildman–Crippen LogP) is 1.89. The van der Waals surface area contributed by atoms with Gasteiger partial charge in [0.05, 0.1) is 6.10 Å². The van der Waals surface area contributed by atoms with Gasteiger partial charge in [-0.25, -0.2) is 4.98 Å². The number of aliphatic hydroxyl groups is 1. The smallest absolute Gasteiger partial charge is 0.270 e. The van der Waals surface area contributed by atoms with E-state index in [4.69, 9.17) is 0 Å². The maximum atomic E-state index is 12.9. The first-order chi connectivity index (χ1) is 9.16. The van der Waals surface area contributed by atoms with Crippen LogP contribution in [0.15, 0.2) is 18.2 Å². The van der Waals surface area contributed by atoms with Crippen LogP contribution in [0.4, 0.5) is 4.39 Å². The number of nitrogens with zero attached hydrogens (tertiary/aromatic N) is 1. The number of aliphatic hydroxyl groups excluding tert-OH is 1. The molecule has 4 nitrogen and oxygen atoms in total. The molecule has 2 rings (SSSR count). The Balaban J connectivity index is 1.82. The number of nitrogens with one attached hydrogen (secondary N) is 1. The van der Waals surface area contributed by atoms with Crippen LogP contribution >= 0.6 is 0 Å². The number of hydrogen-bond acceptors (Lipinski definition) is 3. The van der Waals surface area contributed by atoms with Gasteiger partial charge >= 0.3 is 0 Å². The van der Waals surface area contributed by atoms with Crippen molar-refractivity contribution in [2.24, 2.45) is 5.92 Å². The molecule has 1 heterocycles. The molecule has 0 spiro atoms. The third-order valence-electron chi connectivity index (χ3n) is 3.61. The summed E-state index contributed by atoms with van der Waals surface area (Å²) in [5.41, 5.74) is 0.0378. The first-order valence-electron chi connectivity index (χ1n) is 6.75. The van der Waals surface area contributed by atoms with Gasteiger partial charge in [0.2, 0.25) is 5.95 Å². The number of carbonyl (C=O) groups is 1. The van der Waals surface area contributed by atoms with E-state index in [2.05, 4.69) is 10.3 Å². The minimum atomic E-state index is -0.680. The first-order valence-corrected chi connectivity index (χ1v) is 6.75. The van der Waals surface area contributed by atoms with Gasteiger partial charge in [0, 0.05) is 6.54 Å². The summed E-state index contributed by atoms with van der Waals surface area (Å²) in [5.74, 6) is -0.871. The van der Waals surface area contributed by atoms with Crippen LogP contribution in [0.5, 0.6) is 0 Å². The lowest BCUT2D eigenvalue weighted by atomic mass is 9.85. The van der Waals surface area contributed by atoms with E-state index in [-0.39, 0.29) is 18.2 Å². The SMILES string of the molecule is O=C(NC[C@H](O)C1CCCCC1)c1cccc(F)n1. The molecule has 0 aromatic carbocycles. The molecular weight excluding hydrogens is 247 g/mol. The lowest BCUT2D eigenvalue weighted by Crippen LogP contribution is -2.37. The second-order valence-electron chi connectivity index (χ2n) is 5.02. The summed E-state index contributed by atoms with van der Waals surface area (Å²) < 4.78 is 12.9. The fraction of sp³-hybridized carbons (Fsp3) is 0.571. The van der Waals surface area contributed by atoms with Gasteiger partial charge in [-0.3, -0.25) is 4.79 Å². The average Bonchev–Trinajstić information content (AvgIpc) is 2.45. The highest BCUT2D eigenvalue weighted by Gasteiger charge is 2.22. The minimum Gasteiger partial charge on any atom is -0.391 e. The lowest BCUT2D eigenvalue weighted by Gasteiger charge is -2.26. The Hall–Kier alpha value is -1.49. The van der Waals surface area contributed by atoms with Crippen molar-refractivity contribution in [3.8, 4) is 0 Å². The third kappa shape index (κ3) is 3.99. The summed E-state index contributed by atoms with van der Waals surface area (Å²) in [7, 11) is 0. The molecular formula is C14H19FN2O2. The van der Waals surface area contributed by atoms with Crippen molar-refractivity contribution in [1.82, 2.24) is 10.3 Å². The second kappa shape index (κ2) is 6.61. The molecule has 0 aliphatic heterocycles. The minimum absolute atomic E-state index is 0.0378. The molecule has 19 heavy (non-hydrogen) atoms. The normalized spacial score (nSPS) is 18.0. The molecule has 0 saturated heterocycles. The standard InChI is InChI=1S/C14H19FN2O2/c15-13-8-4-7-11(17-13)14(19)16-9-12(18)10-5-2-1-3-6-10/h4,7-8,10,12,18H,1-3,5-6,9H2,(H,16,19)/t12-/m0/s1. The van der Waals surface area contributed by atoms with Gasteiger partial charge in [-0.1, -0.05) is 25.3 Å². The second-order valence-corrected chi connectivity index (χ2v) is 5.02. The van der Waals surface area contributed by atoms with Crippen molar-refractivity contribution in [2.75, 3.05) is 6.54 Å². The van der Waals surface area contributed by atoms with E-state index >= 15 is 0 Å². The largest absolute Gasteiger partial charge is 0.391 e. The van der Waals surface area contributed by atoms with Gasteiger partial charge in [0.1, 0.15) is 5.69 Å². The number of aromatic nitrogens is 1. The van der Waals surface area contributed by atoms with Gasteiger partial charge < -0.3 is 10.4 Å². The van der Waals surface area contributed by atoms with Gasteiger partial charge in [-0.15, -0.1) is 0 Å². The Kier molecular flexibility index (Phi) is 4.85. The van der Waals surface area contributed by atoms with Crippen molar-refractivity contribution >= 4 is 5.91 Å². The molecule has 1 amide bonds. The zero-order chi connectivity index (χ0) is 13.7. The Morgan fingerprint density at radius 2 is 2.16 bits per heavy atom. The highest BCUT2D eigenvalue weighted by molar-refractivity contribution is 5.92. The molecule has 1 aromatic heterocycles. The maximum absolute atomic E-state index is 12.9. The number of pyridine rings is 1. The number of rotatable bonds is 4. The first kappa shape index (κ1) is 13.9. The predicted molar refractivity (Wildman–Crippen MR) is 69.1 cm³/mol. The van der Waals surface area contributed by atoms with E-state index < -0.39 is 18.0 Å². The van der Waals surface area contributed by atoms with Crippen LogP contribution in [0.25, 0.3) is 0 Å². The topological polar surface area (TPSA) is 62.2 Å². The van der Waals surface area contributed by atoms with Gasteiger partial charge in [0.15, 0.2) is 0 Å². The van der Waals surface area contributed by atoms with E-state index in [1.807, 2.05) is 0 Å². The summed E-state index contributed by atoms with van der Waals surface area (Å²) in [5, 5.41) is 12.6. The van der Waals surface area contributed by atoms with Crippen LogP contribution in [0.2, 0.25) is 0 Å². The van der Waals surface area contributed by atoms with E-state index in [1.165, 1.54) is 24.6 Å². The highest BCUT2D eigenvalue weighted by Crippen LogP contribution is 2.26. The number of hydrogen-bond donors (Lipinski definition) is 2. The Labute approximate surface area is 112 Å². The molecule has 1 atom stereocenters. The Morgan fingerprint density at radius 1 is 1.42 bits per heavy atom. The molecule has 0 bridgehead atoms. The van der Waals surface area contributed by atoms with Crippen LogP contribution < -0.4 is 5.32 Å². The van der Waals surface area contributed by atoms with E-state index in [9.17, 15) is 14.3 Å². The van der Waals surface area contributed by atoms with Gasteiger partial charge in [-0.2, -0.15) is 4.39 Å². The molecule has 1 aliphatic carbocycles. The molecule has 1 fully saturated rings. The van der Waals surface area contributed by atoms with Crippen LogP contribution in [0, 0.1) is 11.9 Å². The van der Waals surface area contributed by atoms with E-state index in [1.54, 1.807) is 0 Å². The van der Waals surface area contributed by atoms with Crippen molar-refractivity contribution in [3.63, 3.8) is 0 Å². The van der Waals surface area contributed by atoms with Gasteiger partial charge in [-0.05, 0) is 30.9 Å². The van der Waals surface area contributed by atoms with Crippen molar-refractivity contribution < 1.29 is 14.3 Å². The monoisotopic (exact) mass is 266 g/mol. The molecule has 0 unspecified atom stereocenters. The number of carbonyl (C=O) groups excluding carboxylic acids is 1. The summed E-state index contributed by atoms with van der Waals surface area (Å²) >= 11 is 0. The molecule has 104 valence electrons. The Morgan fingerprint density at radius 3 is 2.84 bits per heavy atom. The molecule has 1 aromatic rings. The fourth-order valence-corrected chi connectivity index (χ4v) is 2.51. The van der Waals surface area contributed by atoms with Crippen molar-refractivity contribution in [2.45, 2.75) is 38.2 Å². The molecule has 1 aliphatic rings. The van der Waals surface area contributed by atoms with Crippen LogP contribution in [-0.2, 0) is 0 Å². The van der Waals surface area contributed by atoms with Crippen LogP contribution in [-0.4, -0.2) is 28.6 Å². The van der Waals surface area contributed by atoms with Gasteiger partial charge in [0.25, 0.3) is 5.91 Å². The molecule has 1 saturated carbocycles. The molecule has 5 heteroatoms. The van der Waals surface area contributed by atoms with Crippen molar-refractivity contribution in [1.29, 1.82) is 0 Å². The molecule has 0 radical (unpaired) electrons. The average molecular weight is 266 g/mol. The van der Waals surface area contributed by atoms with Crippen molar-refractivity contribution in [3.05, 3.63) is 29.8 Å². The van der Waals surface area contributed by atoms with Crippen LogP contribution in [0.1, 0.15) is 42.6 Å². The molecule has 2 N–H and O–H groups in total. The number of halogens is 1. The summed E-state index contributed by atoms with van der Waals surface area (Å²) in [4.78, 5) is 15.2. The summed E-state index contributed by atoms with van der Waals surface area (Å²) in [6, 6.07) is 4.08. The number of amides is 1. The summed E-state index contributed by atoms with van der Waals surface area (Å²) in [6.07, 6.45) is 4.99. The zero-order valence-electron chi connectivity index (χ0n) is 10.8. The lowest BCUT2D eigenvalue weighted by molar-refractivity contribution is 0.0735. The quantitative estimate of drug-likeness (QED) is 0.818. The fourth-order valence-electron chi connectivity index (χ4n) is 2.51. The maximum Gasteiger partial charge on any atom is 0.270 e. The summed E-state index contributed by atoms with van der Waals surface area (Å²) in [6.45, 7) is 0.196. The van der Waals surface area contributed by atoms with E-state index in [0.29, 0.717) is 0 Å².